The van der Waals surface area contributed by atoms with Gasteiger partial charge in [0.05, 0.1) is 6.20 Å². The maximum Gasteiger partial charge on any atom is 0.223 e. The molecule has 2 saturated carbocycles. The van der Waals surface area contributed by atoms with Crippen LogP contribution in [0.25, 0.3) is 0 Å². The Bertz CT molecular complexity index is 486. The minimum absolute atomic E-state index is 0.167. The molecule has 4 unspecified atom stereocenters. The lowest BCUT2D eigenvalue weighted by molar-refractivity contribution is -0.124. The van der Waals surface area contributed by atoms with Crippen LogP contribution < -0.4 is 5.32 Å². The molecule has 0 radical (unpaired) electrons. The van der Waals surface area contributed by atoms with Gasteiger partial charge in [-0.2, -0.15) is 5.10 Å². The number of nitrogens with zero attached hydrogens (tertiary/aromatic N) is 2. The molecule has 2 aliphatic carbocycles. The van der Waals surface area contributed by atoms with Crippen molar-refractivity contribution in [3.8, 4) is 0 Å². The SMILES string of the molecule is CC1CCCC(C)C1NC(=O)C1CC1c1cnn(C)c1. The predicted molar refractivity (Wildman–Crippen MR) is 78.2 cm³/mol. The number of nitrogens with one attached hydrogen (secondary N) is 1. The smallest absolute Gasteiger partial charge is 0.223 e. The standard InChI is InChI=1S/C16H25N3O/c1-10-5-4-6-11(2)15(10)18-16(20)14-7-13(14)12-8-17-19(3)9-12/h8-11,13-15H,4-7H2,1-3H3,(H,18,20). The third-order valence-corrected chi connectivity index (χ3v) is 5.13. The van der Waals surface area contributed by atoms with Gasteiger partial charge in [-0.05, 0) is 42.6 Å². The quantitative estimate of drug-likeness (QED) is 0.921. The van der Waals surface area contributed by atoms with Crippen LogP contribution in [0.3, 0.4) is 0 Å². The van der Waals surface area contributed by atoms with Gasteiger partial charge in [0.1, 0.15) is 0 Å². The third kappa shape index (κ3) is 2.60. The zero-order valence-electron chi connectivity index (χ0n) is 12.7. The lowest BCUT2D eigenvalue weighted by Gasteiger charge is -2.35. The molecule has 3 rings (SSSR count). The van der Waals surface area contributed by atoms with Crippen LogP contribution >= 0.6 is 0 Å². The van der Waals surface area contributed by atoms with E-state index < -0.39 is 0 Å². The van der Waals surface area contributed by atoms with Crippen molar-refractivity contribution in [1.82, 2.24) is 15.1 Å². The molecule has 0 aliphatic heterocycles. The van der Waals surface area contributed by atoms with Crippen molar-refractivity contribution in [2.45, 2.75) is 51.5 Å². The second kappa shape index (κ2) is 5.23. The number of aryl methyl sites for hydroxylation is 1. The number of rotatable bonds is 3. The van der Waals surface area contributed by atoms with Gasteiger partial charge in [0.25, 0.3) is 0 Å². The summed E-state index contributed by atoms with van der Waals surface area (Å²) in [7, 11) is 1.92. The molecule has 1 aromatic rings. The van der Waals surface area contributed by atoms with Crippen molar-refractivity contribution >= 4 is 5.91 Å². The molecule has 1 N–H and O–H groups in total. The summed E-state index contributed by atoms with van der Waals surface area (Å²) in [5.74, 6) is 2.03. The molecule has 2 fully saturated rings. The molecule has 0 bridgehead atoms. The van der Waals surface area contributed by atoms with Crippen LogP contribution in [0.15, 0.2) is 12.4 Å². The number of carbonyl (C=O) groups is 1. The molecule has 1 heterocycles. The normalized spacial score (nSPS) is 36.6. The summed E-state index contributed by atoms with van der Waals surface area (Å²) in [5.41, 5.74) is 1.21. The Morgan fingerprint density at radius 1 is 1.35 bits per heavy atom. The van der Waals surface area contributed by atoms with Gasteiger partial charge >= 0.3 is 0 Å². The van der Waals surface area contributed by atoms with E-state index in [1.54, 1.807) is 0 Å². The highest BCUT2D eigenvalue weighted by molar-refractivity contribution is 5.83. The predicted octanol–water partition coefficient (Wildman–Crippen LogP) is 2.46. The Balaban J connectivity index is 1.58. The Kier molecular flexibility index (Phi) is 3.57. The maximum absolute atomic E-state index is 12.4. The summed E-state index contributed by atoms with van der Waals surface area (Å²) in [6.45, 7) is 4.54. The summed E-state index contributed by atoms with van der Waals surface area (Å²) < 4.78 is 1.81. The first-order valence-electron chi connectivity index (χ1n) is 7.85. The number of amides is 1. The molecule has 4 atom stereocenters. The summed E-state index contributed by atoms with van der Waals surface area (Å²) in [6, 6.07) is 0.367. The number of aromatic nitrogens is 2. The minimum atomic E-state index is 0.167. The van der Waals surface area contributed by atoms with Gasteiger partial charge in [0.2, 0.25) is 5.91 Å². The zero-order valence-corrected chi connectivity index (χ0v) is 12.7. The van der Waals surface area contributed by atoms with E-state index in [0.29, 0.717) is 23.8 Å². The Morgan fingerprint density at radius 2 is 2.05 bits per heavy atom. The molecule has 1 aromatic heterocycles. The van der Waals surface area contributed by atoms with Crippen molar-refractivity contribution < 1.29 is 4.79 Å². The lowest BCUT2D eigenvalue weighted by Crippen LogP contribution is -2.46. The van der Waals surface area contributed by atoms with E-state index in [1.165, 1.54) is 24.8 Å². The first-order valence-corrected chi connectivity index (χ1v) is 7.85. The van der Waals surface area contributed by atoms with E-state index in [0.717, 1.165) is 6.42 Å². The van der Waals surface area contributed by atoms with Crippen LogP contribution in [0, 0.1) is 17.8 Å². The summed E-state index contributed by atoms with van der Waals surface area (Å²) in [4.78, 5) is 12.4. The largest absolute Gasteiger partial charge is 0.353 e. The summed E-state index contributed by atoms with van der Waals surface area (Å²) >= 11 is 0. The molecule has 1 amide bonds. The zero-order chi connectivity index (χ0) is 14.3. The Hall–Kier alpha value is -1.32. The van der Waals surface area contributed by atoms with E-state index >= 15 is 0 Å². The third-order valence-electron chi connectivity index (χ3n) is 5.13. The van der Waals surface area contributed by atoms with Crippen molar-refractivity contribution in [2.24, 2.45) is 24.8 Å². The van der Waals surface area contributed by atoms with Crippen molar-refractivity contribution in [3.05, 3.63) is 18.0 Å². The highest BCUT2D eigenvalue weighted by Crippen LogP contribution is 2.47. The molecule has 110 valence electrons. The summed E-state index contributed by atoms with van der Waals surface area (Å²) in [6.07, 6.45) is 8.69. The van der Waals surface area contributed by atoms with Gasteiger partial charge in [0, 0.05) is 25.2 Å². The van der Waals surface area contributed by atoms with Crippen LogP contribution in [0.5, 0.6) is 0 Å². The fourth-order valence-corrected chi connectivity index (χ4v) is 3.72. The van der Waals surface area contributed by atoms with Crippen LogP contribution in [0.4, 0.5) is 0 Å². The molecule has 4 heteroatoms. The number of hydrogen-bond acceptors (Lipinski definition) is 2. The van der Waals surface area contributed by atoms with Crippen LogP contribution in [0.2, 0.25) is 0 Å². The molecule has 4 nitrogen and oxygen atoms in total. The Morgan fingerprint density at radius 3 is 2.65 bits per heavy atom. The first-order chi connectivity index (χ1) is 9.56. The maximum atomic E-state index is 12.4. The number of hydrogen-bond donors (Lipinski definition) is 1. The van der Waals surface area contributed by atoms with Gasteiger partial charge in [0.15, 0.2) is 0 Å². The molecule has 0 saturated heterocycles. The van der Waals surface area contributed by atoms with E-state index in [2.05, 4.69) is 24.3 Å². The van der Waals surface area contributed by atoms with Gasteiger partial charge in [-0.15, -0.1) is 0 Å². The van der Waals surface area contributed by atoms with E-state index in [9.17, 15) is 4.79 Å². The van der Waals surface area contributed by atoms with E-state index in [-0.39, 0.29) is 11.8 Å². The van der Waals surface area contributed by atoms with Crippen LogP contribution in [-0.4, -0.2) is 21.7 Å². The fourth-order valence-electron chi connectivity index (χ4n) is 3.72. The average Bonchev–Trinajstić information content (AvgIpc) is 3.10. The molecule has 2 aliphatic rings. The minimum Gasteiger partial charge on any atom is -0.353 e. The molecular formula is C16H25N3O. The van der Waals surface area contributed by atoms with Crippen LogP contribution in [-0.2, 0) is 11.8 Å². The van der Waals surface area contributed by atoms with Gasteiger partial charge in [-0.25, -0.2) is 0 Å². The van der Waals surface area contributed by atoms with E-state index in [4.69, 9.17) is 0 Å². The van der Waals surface area contributed by atoms with Gasteiger partial charge in [-0.3, -0.25) is 9.48 Å². The van der Waals surface area contributed by atoms with Crippen LogP contribution in [0.1, 0.15) is 51.0 Å². The van der Waals surface area contributed by atoms with Crippen molar-refractivity contribution in [3.63, 3.8) is 0 Å². The van der Waals surface area contributed by atoms with Crippen molar-refractivity contribution in [1.29, 1.82) is 0 Å². The average molecular weight is 275 g/mol. The van der Waals surface area contributed by atoms with Gasteiger partial charge < -0.3 is 5.32 Å². The topological polar surface area (TPSA) is 46.9 Å². The highest BCUT2D eigenvalue weighted by atomic mass is 16.2. The second-order valence-electron chi connectivity index (χ2n) is 6.82. The Labute approximate surface area is 120 Å². The van der Waals surface area contributed by atoms with E-state index in [1.807, 2.05) is 24.1 Å². The highest BCUT2D eigenvalue weighted by Gasteiger charge is 2.45. The molecule has 0 spiro atoms. The summed E-state index contributed by atoms with van der Waals surface area (Å²) in [5, 5.41) is 7.52. The molecule has 20 heavy (non-hydrogen) atoms. The second-order valence-corrected chi connectivity index (χ2v) is 6.82. The first kappa shape index (κ1) is 13.7. The monoisotopic (exact) mass is 275 g/mol. The number of carbonyl (C=O) groups excluding carboxylic acids is 1. The fraction of sp³-hybridized carbons (Fsp3) is 0.750. The molecular weight excluding hydrogens is 250 g/mol. The molecule has 0 aromatic carbocycles. The van der Waals surface area contributed by atoms with Gasteiger partial charge in [-0.1, -0.05) is 20.3 Å². The lowest BCUT2D eigenvalue weighted by atomic mass is 9.78. The van der Waals surface area contributed by atoms with Crippen molar-refractivity contribution in [2.75, 3.05) is 0 Å².